The van der Waals surface area contributed by atoms with Gasteiger partial charge in [-0.15, -0.1) is 11.3 Å². The number of nitro benzene ring substituents is 2. The van der Waals surface area contributed by atoms with E-state index in [4.69, 9.17) is 4.74 Å². The number of carbonyl (C=O) groups excluding carboxylic acids is 1. The number of thiophene rings is 1. The Balaban J connectivity index is 1.37. The van der Waals surface area contributed by atoms with Gasteiger partial charge in [-0.1, -0.05) is 6.07 Å². The molecule has 0 aliphatic heterocycles. The molecule has 1 N–H and O–H groups in total. The van der Waals surface area contributed by atoms with Gasteiger partial charge in [0.2, 0.25) is 0 Å². The minimum absolute atomic E-state index is 0.0892. The van der Waals surface area contributed by atoms with Crippen molar-refractivity contribution < 1.29 is 32.5 Å². The van der Waals surface area contributed by atoms with Crippen molar-refractivity contribution in [2.24, 2.45) is 0 Å². The SMILES string of the molecule is O=C(Nc1ccc(Oc2cc([N+](=O)[O-])cc([N+](=O)[O-])c2)cc1)c1cc2nc(-c3cccs3)cc(C(F)(F)F)n2n1. The molecular formula is C24H13F3N6O6S. The Morgan fingerprint density at radius 2 is 1.62 bits per heavy atom. The fourth-order valence-corrected chi connectivity index (χ4v) is 4.30. The highest BCUT2D eigenvalue weighted by molar-refractivity contribution is 7.13. The molecule has 0 fully saturated rings. The number of carbonyl (C=O) groups is 1. The van der Waals surface area contributed by atoms with E-state index in [9.17, 15) is 38.2 Å². The van der Waals surface area contributed by atoms with Crippen molar-refractivity contribution in [3.63, 3.8) is 0 Å². The maximum atomic E-state index is 13.7. The van der Waals surface area contributed by atoms with Crippen LogP contribution in [0.25, 0.3) is 16.2 Å². The van der Waals surface area contributed by atoms with Crippen LogP contribution in [-0.2, 0) is 6.18 Å². The monoisotopic (exact) mass is 570 g/mol. The lowest BCUT2D eigenvalue weighted by Crippen LogP contribution is -2.15. The van der Waals surface area contributed by atoms with Gasteiger partial charge in [-0.25, -0.2) is 9.50 Å². The predicted molar refractivity (Wildman–Crippen MR) is 136 cm³/mol. The summed E-state index contributed by atoms with van der Waals surface area (Å²) in [5, 5.41) is 30.1. The quantitative estimate of drug-likeness (QED) is 0.176. The second-order valence-electron chi connectivity index (χ2n) is 8.08. The number of ether oxygens (including phenoxy) is 1. The van der Waals surface area contributed by atoms with E-state index in [2.05, 4.69) is 15.4 Å². The average Bonchev–Trinajstić information content (AvgIpc) is 3.59. The van der Waals surface area contributed by atoms with Crippen molar-refractivity contribution in [3.8, 4) is 22.1 Å². The number of fused-ring (bicyclic) bond motifs is 1. The topological polar surface area (TPSA) is 155 Å². The van der Waals surface area contributed by atoms with Gasteiger partial charge in [0, 0.05) is 11.8 Å². The zero-order valence-electron chi connectivity index (χ0n) is 19.7. The second-order valence-corrected chi connectivity index (χ2v) is 9.03. The van der Waals surface area contributed by atoms with Crippen LogP contribution in [0.3, 0.4) is 0 Å². The Morgan fingerprint density at radius 1 is 0.950 bits per heavy atom. The number of alkyl halides is 3. The Labute approximate surface area is 224 Å². The number of hydrogen-bond acceptors (Lipinski definition) is 9. The second kappa shape index (κ2) is 10.1. The summed E-state index contributed by atoms with van der Waals surface area (Å²) >= 11 is 1.22. The van der Waals surface area contributed by atoms with Gasteiger partial charge >= 0.3 is 6.18 Å². The molecule has 0 spiro atoms. The number of anilines is 1. The van der Waals surface area contributed by atoms with Gasteiger partial charge < -0.3 is 10.1 Å². The van der Waals surface area contributed by atoms with Crippen molar-refractivity contribution in [3.05, 3.63) is 104 Å². The highest BCUT2D eigenvalue weighted by Gasteiger charge is 2.35. The lowest BCUT2D eigenvalue weighted by Gasteiger charge is -2.10. The minimum Gasteiger partial charge on any atom is -0.457 e. The summed E-state index contributed by atoms with van der Waals surface area (Å²) < 4.78 is 47.3. The summed E-state index contributed by atoms with van der Waals surface area (Å²) in [5.41, 5.74) is -2.34. The summed E-state index contributed by atoms with van der Waals surface area (Å²) in [6.45, 7) is 0. The summed E-state index contributed by atoms with van der Waals surface area (Å²) in [6.07, 6.45) is -4.76. The zero-order chi connectivity index (χ0) is 28.6. The Kier molecular flexibility index (Phi) is 6.60. The maximum Gasteiger partial charge on any atom is 0.433 e. The van der Waals surface area contributed by atoms with E-state index in [1.807, 2.05) is 0 Å². The molecule has 1 amide bonds. The maximum absolute atomic E-state index is 13.7. The molecule has 2 aromatic carbocycles. The van der Waals surface area contributed by atoms with Gasteiger partial charge in [0.15, 0.2) is 17.0 Å². The van der Waals surface area contributed by atoms with Gasteiger partial charge in [0.1, 0.15) is 11.5 Å². The molecule has 0 unspecified atom stereocenters. The normalized spacial score (nSPS) is 11.4. The number of hydrogen-bond donors (Lipinski definition) is 1. The number of nitro groups is 2. The highest BCUT2D eigenvalue weighted by atomic mass is 32.1. The molecule has 5 aromatic rings. The molecule has 3 aromatic heterocycles. The van der Waals surface area contributed by atoms with Gasteiger partial charge in [0.25, 0.3) is 17.3 Å². The molecule has 16 heteroatoms. The van der Waals surface area contributed by atoms with Crippen molar-refractivity contribution in [1.82, 2.24) is 14.6 Å². The van der Waals surface area contributed by atoms with Gasteiger partial charge in [-0.3, -0.25) is 25.0 Å². The number of aromatic nitrogens is 3. The minimum atomic E-state index is -4.76. The van der Waals surface area contributed by atoms with Crippen LogP contribution >= 0.6 is 11.3 Å². The van der Waals surface area contributed by atoms with E-state index >= 15 is 0 Å². The fourth-order valence-electron chi connectivity index (χ4n) is 3.61. The predicted octanol–water partition coefficient (Wildman–Crippen LogP) is 6.34. The van der Waals surface area contributed by atoms with Gasteiger partial charge in [-0.2, -0.15) is 18.3 Å². The largest absolute Gasteiger partial charge is 0.457 e. The van der Waals surface area contributed by atoms with Crippen molar-refractivity contribution in [2.75, 3.05) is 5.32 Å². The third-order valence-electron chi connectivity index (χ3n) is 5.37. The number of benzene rings is 2. The molecule has 3 heterocycles. The average molecular weight is 570 g/mol. The molecule has 0 bridgehead atoms. The van der Waals surface area contributed by atoms with Crippen LogP contribution in [0.1, 0.15) is 16.2 Å². The first-order valence-corrected chi connectivity index (χ1v) is 11.9. The zero-order valence-corrected chi connectivity index (χ0v) is 20.5. The summed E-state index contributed by atoms with van der Waals surface area (Å²) in [5.74, 6) is -0.822. The highest BCUT2D eigenvalue weighted by Crippen LogP contribution is 2.34. The van der Waals surface area contributed by atoms with Crippen molar-refractivity contribution in [1.29, 1.82) is 0 Å². The van der Waals surface area contributed by atoms with Crippen LogP contribution in [0.4, 0.5) is 30.2 Å². The molecule has 0 aliphatic carbocycles. The van der Waals surface area contributed by atoms with Crippen LogP contribution in [-0.4, -0.2) is 30.4 Å². The molecule has 0 radical (unpaired) electrons. The molecule has 40 heavy (non-hydrogen) atoms. The van der Waals surface area contributed by atoms with Crippen LogP contribution in [0.15, 0.2) is 72.1 Å². The number of nitrogens with zero attached hydrogens (tertiary/aromatic N) is 5. The molecule has 202 valence electrons. The first kappa shape index (κ1) is 26.2. The van der Waals surface area contributed by atoms with E-state index in [0.29, 0.717) is 9.39 Å². The lowest BCUT2D eigenvalue weighted by molar-refractivity contribution is -0.394. The number of rotatable bonds is 7. The molecule has 0 saturated carbocycles. The molecule has 12 nitrogen and oxygen atoms in total. The lowest BCUT2D eigenvalue weighted by atomic mass is 10.2. The molecule has 0 aliphatic rings. The third-order valence-corrected chi connectivity index (χ3v) is 6.26. The summed E-state index contributed by atoms with van der Waals surface area (Å²) in [6, 6.07) is 13.7. The van der Waals surface area contributed by atoms with E-state index in [0.717, 1.165) is 30.3 Å². The number of nitrogens with one attached hydrogen (secondary N) is 1. The molecule has 0 atom stereocenters. The van der Waals surface area contributed by atoms with Crippen molar-refractivity contribution >= 4 is 40.0 Å². The van der Waals surface area contributed by atoms with Crippen LogP contribution in [0, 0.1) is 20.2 Å². The summed E-state index contributed by atoms with van der Waals surface area (Å²) in [4.78, 5) is 38.0. The van der Waals surface area contributed by atoms with E-state index < -0.39 is 39.0 Å². The Morgan fingerprint density at radius 3 is 2.20 bits per heavy atom. The first-order chi connectivity index (χ1) is 19.0. The van der Waals surface area contributed by atoms with E-state index in [-0.39, 0.29) is 34.2 Å². The smallest absolute Gasteiger partial charge is 0.433 e. The van der Waals surface area contributed by atoms with Crippen LogP contribution in [0.5, 0.6) is 11.5 Å². The number of halogens is 3. The third kappa shape index (κ3) is 5.41. The Bertz CT molecular complexity index is 1740. The van der Waals surface area contributed by atoms with Gasteiger partial charge in [-0.05, 0) is 41.8 Å². The first-order valence-electron chi connectivity index (χ1n) is 11.0. The van der Waals surface area contributed by atoms with E-state index in [1.165, 1.54) is 35.6 Å². The molecule has 5 rings (SSSR count). The number of non-ortho nitro benzene ring substituents is 2. The van der Waals surface area contributed by atoms with Crippen molar-refractivity contribution in [2.45, 2.75) is 6.18 Å². The standard InChI is InChI=1S/C24H13F3N6O6S/c25-24(26,27)21-11-18(20-2-1-7-40-20)29-22-12-19(30-31(21)22)23(34)28-13-3-5-16(6-4-13)39-17-9-14(32(35)36)8-15(10-17)33(37)38/h1-12H,(H,28,34). The van der Waals surface area contributed by atoms with E-state index in [1.54, 1.807) is 17.5 Å². The fraction of sp³-hybridized carbons (Fsp3) is 0.0417. The number of amides is 1. The van der Waals surface area contributed by atoms with Gasteiger partial charge in [0.05, 0.1) is 38.6 Å². The molecule has 0 saturated heterocycles. The summed E-state index contributed by atoms with van der Waals surface area (Å²) in [7, 11) is 0. The Hall–Kier alpha value is -5.38. The van der Waals surface area contributed by atoms with Crippen LogP contribution < -0.4 is 10.1 Å². The molecular weight excluding hydrogens is 557 g/mol. The van der Waals surface area contributed by atoms with Crippen LogP contribution in [0.2, 0.25) is 0 Å².